The zero-order chi connectivity index (χ0) is 21.5. The number of anilines is 1. The molecular formula is C24H24N4O3. The Kier molecular flexibility index (Phi) is 4.73. The molecule has 158 valence electrons. The van der Waals surface area contributed by atoms with Crippen LogP contribution in [0.25, 0.3) is 0 Å². The molecule has 31 heavy (non-hydrogen) atoms. The third-order valence-electron chi connectivity index (χ3n) is 6.13. The number of hydrogen-bond acceptors (Lipinski definition) is 6. The van der Waals surface area contributed by atoms with E-state index in [0.717, 1.165) is 22.4 Å². The van der Waals surface area contributed by atoms with Crippen LogP contribution in [0, 0.1) is 6.92 Å². The van der Waals surface area contributed by atoms with Gasteiger partial charge < -0.3 is 14.8 Å². The summed E-state index contributed by atoms with van der Waals surface area (Å²) in [5, 5.41) is 7.77. The minimum atomic E-state index is -0.270. The molecule has 1 aromatic heterocycles. The first-order valence-corrected chi connectivity index (χ1v) is 10.3. The Labute approximate surface area is 180 Å². The SMILES string of the molecule is COc1ccc([C@H]2CC(=O)C3=C(C2)Nc2ncnn2[C@@H]3c2ccc(C)cc2)cc1OC. The standard InChI is InChI=1S/C24H24N4O3/c1-14-4-6-15(7-5-14)23-22-18(27-24-25-13-26-28(23)24)10-17(11-19(22)29)16-8-9-20(30-2)21(12-16)31-3/h4-9,12-13,17,23H,10-11H2,1-3H3,(H,25,26,27)/t17-,23-/m1/s1. The maximum absolute atomic E-state index is 13.5. The number of carbonyl (C=O) groups is 1. The van der Waals surface area contributed by atoms with Gasteiger partial charge in [-0.25, -0.2) is 4.68 Å². The molecule has 0 saturated heterocycles. The molecule has 7 heteroatoms. The Hall–Kier alpha value is -3.61. The third-order valence-corrected chi connectivity index (χ3v) is 6.13. The largest absolute Gasteiger partial charge is 0.493 e. The molecule has 0 unspecified atom stereocenters. The Balaban J connectivity index is 1.55. The van der Waals surface area contributed by atoms with Gasteiger partial charge in [0.15, 0.2) is 17.3 Å². The first-order valence-electron chi connectivity index (χ1n) is 10.3. The van der Waals surface area contributed by atoms with E-state index in [-0.39, 0.29) is 17.7 Å². The van der Waals surface area contributed by atoms with E-state index in [2.05, 4.69) is 46.6 Å². The van der Waals surface area contributed by atoms with Crippen LogP contribution >= 0.6 is 0 Å². The number of methoxy groups -OCH3 is 2. The number of ketones is 1. The summed E-state index contributed by atoms with van der Waals surface area (Å²) >= 11 is 0. The molecule has 5 rings (SSSR count). The highest BCUT2D eigenvalue weighted by molar-refractivity contribution is 6.00. The number of nitrogens with one attached hydrogen (secondary N) is 1. The number of ether oxygens (including phenoxy) is 2. The minimum absolute atomic E-state index is 0.0479. The number of benzene rings is 2. The molecule has 0 amide bonds. The number of carbonyl (C=O) groups excluding carboxylic acids is 1. The monoisotopic (exact) mass is 416 g/mol. The van der Waals surface area contributed by atoms with E-state index >= 15 is 0 Å². The van der Waals surface area contributed by atoms with Crippen molar-refractivity contribution in [1.29, 1.82) is 0 Å². The van der Waals surface area contributed by atoms with Crippen molar-refractivity contribution in [3.8, 4) is 11.5 Å². The fraction of sp³-hybridized carbons (Fsp3) is 0.292. The molecule has 2 heterocycles. The lowest BCUT2D eigenvalue weighted by Gasteiger charge is -2.35. The van der Waals surface area contributed by atoms with Crippen molar-refractivity contribution >= 4 is 11.7 Å². The van der Waals surface area contributed by atoms with Gasteiger partial charge in [-0.05, 0) is 42.5 Å². The maximum Gasteiger partial charge on any atom is 0.226 e. The van der Waals surface area contributed by atoms with E-state index in [9.17, 15) is 4.79 Å². The Morgan fingerprint density at radius 1 is 1.00 bits per heavy atom. The summed E-state index contributed by atoms with van der Waals surface area (Å²) in [5.41, 5.74) is 4.96. The molecule has 0 bridgehead atoms. The van der Waals surface area contributed by atoms with Crippen LogP contribution in [-0.2, 0) is 4.79 Å². The smallest absolute Gasteiger partial charge is 0.226 e. The summed E-state index contributed by atoms with van der Waals surface area (Å²) in [5.74, 6) is 2.18. The quantitative estimate of drug-likeness (QED) is 0.692. The Morgan fingerprint density at radius 3 is 2.48 bits per heavy atom. The number of fused-ring (bicyclic) bond motifs is 1. The summed E-state index contributed by atoms with van der Waals surface area (Å²) in [6.45, 7) is 2.05. The number of aryl methyl sites for hydroxylation is 1. The molecule has 7 nitrogen and oxygen atoms in total. The summed E-state index contributed by atoms with van der Waals surface area (Å²) < 4.78 is 12.6. The molecule has 3 aromatic rings. The van der Waals surface area contributed by atoms with Crippen LogP contribution in [0.2, 0.25) is 0 Å². The highest BCUT2D eigenvalue weighted by atomic mass is 16.5. The van der Waals surface area contributed by atoms with E-state index in [1.807, 2.05) is 18.2 Å². The van der Waals surface area contributed by atoms with Crippen molar-refractivity contribution in [2.75, 3.05) is 19.5 Å². The van der Waals surface area contributed by atoms with E-state index in [1.54, 1.807) is 18.9 Å². The highest BCUT2D eigenvalue weighted by Crippen LogP contribution is 2.44. The third kappa shape index (κ3) is 3.26. The fourth-order valence-corrected chi connectivity index (χ4v) is 4.55. The molecule has 2 aromatic carbocycles. The van der Waals surface area contributed by atoms with Crippen molar-refractivity contribution in [2.24, 2.45) is 0 Å². The average molecular weight is 416 g/mol. The Bertz CT molecular complexity index is 1180. The van der Waals surface area contributed by atoms with Crippen molar-refractivity contribution < 1.29 is 14.3 Å². The van der Waals surface area contributed by atoms with Gasteiger partial charge in [0.2, 0.25) is 5.95 Å². The number of aromatic nitrogens is 3. The number of rotatable bonds is 4. The predicted molar refractivity (Wildman–Crippen MR) is 117 cm³/mol. The average Bonchev–Trinajstić information content (AvgIpc) is 3.26. The fourth-order valence-electron chi connectivity index (χ4n) is 4.55. The van der Waals surface area contributed by atoms with Crippen molar-refractivity contribution in [3.63, 3.8) is 0 Å². The van der Waals surface area contributed by atoms with Gasteiger partial charge in [-0.2, -0.15) is 10.1 Å². The van der Waals surface area contributed by atoms with Gasteiger partial charge in [0.25, 0.3) is 0 Å². The van der Waals surface area contributed by atoms with E-state index in [1.165, 1.54) is 11.9 Å². The van der Waals surface area contributed by atoms with Crippen LogP contribution in [0.4, 0.5) is 5.95 Å². The molecule has 0 saturated carbocycles. The van der Waals surface area contributed by atoms with Gasteiger partial charge in [-0.3, -0.25) is 4.79 Å². The summed E-state index contributed by atoms with van der Waals surface area (Å²) in [6, 6.07) is 13.8. The second-order valence-corrected chi connectivity index (χ2v) is 8.00. The predicted octanol–water partition coefficient (Wildman–Crippen LogP) is 4.02. The van der Waals surface area contributed by atoms with E-state index in [4.69, 9.17) is 9.47 Å². The van der Waals surface area contributed by atoms with E-state index in [0.29, 0.717) is 30.3 Å². The normalized spacial score (nSPS) is 20.0. The van der Waals surface area contributed by atoms with Gasteiger partial charge in [0.1, 0.15) is 12.4 Å². The molecule has 2 atom stereocenters. The highest BCUT2D eigenvalue weighted by Gasteiger charge is 2.39. The number of nitrogens with zero attached hydrogens (tertiary/aromatic N) is 3. The van der Waals surface area contributed by atoms with Crippen LogP contribution in [0.15, 0.2) is 60.1 Å². The zero-order valence-corrected chi connectivity index (χ0v) is 17.8. The zero-order valence-electron chi connectivity index (χ0n) is 17.8. The van der Waals surface area contributed by atoms with Gasteiger partial charge in [0.05, 0.1) is 14.2 Å². The Morgan fingerprint density at radius 2 is 1.74 bits per heavy atom. The van der Waals surface area contributed by atoms with Crippen LogP contribution in [0.1, 0.15) is 41.5 Å². The topological polar surface area (TPSA) is 78.3 Å². The molecule has 0 spiro atoms. The van der Waals surface area contributed by atoms with Crippen molar-refractivity contribution in [3.05, 3.63) is 76.8 Å². The molecule has 0 fully saturated rings. The van der Waals surface area contributed by atoms with Gasteiger partial charge >= 0.3 is 0 Å². The van der Waals surface area contributed by atoms with Crippen LogP contribution < -0.4 is 14.8 Å². The second kappa shape index (κ2) is 7.58. The minimum Gasteiger partial charge on any atom is -0.493 e. The lowest BCUT2D eigenvalue weighted by atomic mass is 9.78. The van der Waals surface area contributed by atoms with Crippen LogP contribution in [-0.4, -0.2) is 34.8 Å². The molecule has 2 aliphatic rings. The van der Waals surface area contributed by atoms with Crippen molar-refractivity contribution in [2.45, 2.75) is 31.7 Å². The molecular weight excluding hydrogens is 392 g/mol. The summed E-state index contributed by atoms with van der Waals surface area (Å²) in [6.07, 6.45) is 2.67. The van der Waals surface area contributed by atoms with Crippen molar-refractivity contribution in [1.82, 2.24) is 14.8 Å². The van der Waals surface area contributed by atoms with Crippen LogP contribution in [0.3, 0.4) is 0 Å². The molecule has 1 N–H and O–H groups in total. The molecule has 0 radical (unpaired) electrons. The first-order chi connectivity index (χ1) is 15.1. The van der Waals surface area contributed by atoms with E-state index < -0.39 is 0 Å². The molecule has 1 aliphatic heterocycles. The summed E-state index contributed by atoms with van der Waals surface area (Å²) in [4.78, 5) is 17.8. The summed E-state index contributed by atoms with van der Waals surface area (Å²) in [7, 11) is 3.24. The number of allylic oxidation sites excluding steroid dienone is 2. The van der Waals surface area contributed by atoms with Gasteiger partial charge in [0, 0.05) is 17.7 Å². The lowest BCUT2D eigenvalue weighted by Crippen LogP contribution is -2.33. The number of hydrogen-bond donors (Lipinski definition) is 1. The van der Waals surface area contributed by atoms with Gasteiger partial charge in [-0.1, -0.05) is 35.9 Å². The maximum atomic E-state index is 13.5. The second-order valence-electron chi connectivity index (χ2n) is 8.00. The lowest BCUT2D eigenvalue weighted by molar-refractivity contribution is -0.116. The number of Topliss-reactive ketones (excluding diaryl/α,β-unsaturated/α-hetero) is 1. The van der Waals surface area contributed by atoms with Crippen LogP contribution in [0.5, 0.6) is 11.5 Å². The molecule has 1 aliphatic carbocycles. The van der Waals surface area contributed by atoms with Gasteiger partial charge in [-0.15, -0.1) is 0 Å². The first kappa shape index (κ1) is 19.4.